The molecule has 5 nitrogen and oxygen atoms in total. The molecule has 0 amide bonds. The highest BCUT2D eigenvalue weighted by atomic mass is 16.3. The molecule has 0 unspecified atom stereocenters. The predicted octanol–water partition coefficient (Wildman–Crippen LogP) is 9.94. The van der Waals surface area contributed by atoms with Crippen LogP contribution in [0, 0.1) is 0 Å². The Hall–Kier alpha value is -6.07. The number of rotatable bonds is 3. The van der Waals surface area contributed by atoms with Crippen molar-refractivity contribution in [3.63, 3.8) is 0 Å². The largest absolute Gasteiger partial charge is 0.437 e. The van der Waals surface area contributed by atoms with E-state index in [4.69, 9.17) is 9.40 Å². The van der Waals surface area contributed by atoms with E-state index in [1.54, 1.807) is 0 Å². The van der Waals surface area contributed by atoms with E-state index in [2.05, 4.69) is 141 Å². The van der Waals surface area contributed by atoms with Crippen molar-refractivity contribution < 1.29 is 4.42 Å². The van der Waals surface area contributed by atoms with Gasteiger partial charge in [0.1, 0.15) is 11.1 Å². The summed E-state index contributed by atoms with van der Waals surface area (Å²) in [5.41, 5.74) is 11.5. The smallest absolute Gasteiger partial charge is 0.232 e. The molecule has 0 N–H and O–H groups in total. The fourth-order valence-corrected chi connectivity index (χ4v) is 6.91. The van der Waals surface area contributed by atoms with Gasteiger partial charge in [0, 0.05) is 27.5 Å². The lowest BCUT2D eigenvalue weighted by Crippen LogP contribution is -1.94. The van der Waals surface area contributed by atoms with E-state index in [-0.39, 0.29) is 0 Å². The molecule has 0 radical (unpaired) electrons. The number of fused-ring (bicyclic) bond motifs is 10. The maximum Gasteiger partial charge on any atom is 0.232 e. The minimum atomic E-state index is 0.800. The fourth-order valence-electron chi connectivity index (χ4n) is 6.91. The van der Waals surface area contributed by atoms with E-state index < -0.39 is 0 Å². The van der Waals surface area contributed by atoms with Crippen LogP contribution in [0.3, 0.4) is 0 Å². The lowest BCUT2D eigenvalue weighted by molar-refractivity contribution is 0.651. The summed E-state index contributed by atoms with van der Waals surface area (Å²) in [5, 5.41) is 3.57. The molecule has 6 aromatic carbocycles. The van der Waals surface area contributed by atoms with Crippen LogP contribution in [0.2, 0.25) is 0 Å². The number of benzene rings is 6. The Labute approximate surface area is 251 Å². The summed E-state index contributed by atoms with van der Waals surface area (Å²) >= 11 is 0. The molecule has 0 saturated heterocycles. The van der Waals surface area contributed by atoms with Gasteiger partial charge in [0.15, 0.2) is 0 Å². The van der Waals surface area contributed by atoms with Crippen LogP contribution in [0.5, 0.6) is 0 Å². The minimum absolute atomic E-state index is 0.800. The Kier molecular flexibility index (Phi) is 4.66. The number of hydrogen-bond donors (Lipinski definition) is 0. The maximum absolute atomic E-state index is 6.48. The fraction of sp³-hybridized carbons (Fsp3) is 0. The molecule has 5 heteroatoms. The summed E-state index contributed by atoms with van der Waals surface area (Å²) in [6.45, 7) is 0. The van der Waals surface area contributed by atoms with Crippen molar-refractivity contribution in [2.45, 2.75) is 0 Å². The van der Waals surface area contributed by atoms with E-state index in [9.17, 15) is 0 Å². The Morgan fingerprint density at radius 2 is 1.11 bits per heavy atom. The highest BCUT2D eigenvalue weighted by Gasteiger charge is 2.23. The Bertz CT molecular complexity index is 2710. The summed E-state index contributed by atoms with van der Waals surface area (Å²) in [6, 6.07) is 51.2. The minimum Gasteiger partial charge on any atom is -0.437 e. The maximum atomic E-state index is 6.48. The van der Waals surface area contributed by atoms with Gasteiger partial charge in [-0.25, -0.2) is 9.38 Å². The molecule has 206 valence electrons. The molecular formula is C39H24N4O. The van der Waals surface area contributed by atoms with Crippen LogP contribution in [0.15, 0.2) is 150 Å². The van der Waals surface area contributed by atoms with E-state index in [0.29, 0.717) is 0 Å². The van der Waals surface area contributed by atoms with E-state index in [1.165, 1.54) is 21.8 Å². The van der Waals surface area contributed by atoms with Crippen molar-refractivity contribution in [2.24, 2.45) is 0 Å². The molecule has 0 fully saturated rings. The van der Waals surface area contributed by atoms with Crippen LogP contribution in [0.1, 0.15) is 0 Å². The van der Waals surface area contributed by atoms with E-state index >= 15 is 0 Å². The first-order chi connectivity index (χ1) is 21.8. The van der Waals surface area contributed by atoms with Crippen molar-refractivity contribution >= 4 is 60.8 Å². The van der Waals surface area contributed by atoms with Crippen molar-refractivity contribution in [3.8, 4) is 22.5 Å². The first-order valence-corrected chi connectivity index (χ1v) is 14.8. The summed E-state index contributed by atoms with van der Waals surface area (Å²) < 4.78 is 13.2. The van der Waals surface area contributed by atoms with Crippen molar-refractivity contribution in [1.82, 2.24) is 18.5 Å². The van der Waals surface area contributed by atoms with Gasteiger partial charge < -0.3 is 8.98 Å². The van der Waals surface area contributed by atoms with Gasteiger partial charge in [-0.2, -0.15) is 0 Å². The molecule has 0 aliphatic heterocycles. The van der Waals surface area contributed by atoms with Crippen LogP contribution in [-0.2, 0) is 0 Å². The quantitative estimate of drug-likeness (QED) is 0.214. The lowest BCUT2D eigenvalue weighted by Gasteiger charge is -2.09. The molecule has 10 rings (SSSR count). The number of imidazole rings is 2. The van der Waals surface area contributed by atoms with Gasteiger partial charge in [-0.15, -0.1) is 0 Å². The monoisotopic (exact) mass is 564 g/mol. The molecule has 4 heterocycles. The molecule has 0 bridgehead atoms. The molecule has 0 aliphatic carbocycles. The summed E-state index contributed by atoms with van der Waals surface area (Å²) in [5.74, 6) is 0.836. The third-order valence-electron chi connectivity index (χ3n) is 8.85. The van der Waals surface area contributed by atoms with E-state index in [1.807, 2.05) is 18.2 Å². The van der Waals surface area contributed by atoms with Gasteiger partial charge >= 0.3 is 0 Å². The topological polar surface area (TPSA) is 40.3 Å². The van der Waals surface area contributed by atoms with Gasteiger partial charge in [-0.05, 0) is 71.8 Å². The first kappa shape index (κ1) is 23.5. The molecule has 0 saturated carbocycles. The lowest BCUT2D eigenvalue weighted by atomic mass is 10.0. The second-order valence-corrected chi connectivity index (χ2v) is 11.3. The van der Waals surface area contributed by atoms with Crippen molar-refractivity contribution in [1.29, 1.82) is 0 Å². The zero-order valence-corrected chi connectivity index (χ0v) is 23.6. The van der Waals surface area contributed by atoms with Gasteiger partial charge in [0.05, 0.1) is 22.1 Å². The first-order valence-electron chi connectivity index (χ1n) is 14.8. The van der Waals surface area contributed by atoms with Crippen molar-refractivity contribution in [2.75, 3.05) is 0 Å². The third-order valence-corrected chi connectivity index (χ3v) is 8.85. The van der Waals surface area contributed by atoms with E-state index in [0.717, 1.165) is 61.5 Å². The zero-order valence-electron chi connectivity index (χ0n) is 23.6. The zero-order chi connectivity index (χ0) is 28.8. The van der Waals surface area contributed by atoms with Gasteiger partial charge in [-0.3, -0.25) is 4.57 Å². The normalized spacial score (nSPS) is 12.1. The third kappa shape index (κ3) is 3.15. The highest BCUT2D eigenvalue weighted by molar-refractivity contribution is 6.10. The molecule has 10 aromatic rings. The molecule has 0 spiro atoms. The van der Waals surface area contributed by atoms with Crippen LogP contribution in [0.25, 0.3) is 83.3 Å². The van der Waals surface area contributed by atoms with Gasteiger partial charge in [0.2, 0.25) is 11.5 Å². The molecule has 0 atom stereocenters. The second-order valence-electron chi connectivity index (χ2n) is 11.3. The number of aromatic nitrogens is 4. The Balaban J connectivity index is 1.22. The summed E-state index contributed by atoms with van der Waals surface area (Å²) in [7, 11) is 0. The molecular weight excluding hydrogens is 540 g/mol. The van der Waals surface area contributed by atoms with Crippen LogP contribution < -0.4 is 0 Å². The summed E-state index contributed by atoms with van der Waals surface area (Å²) in [4.78, 5) is 5.22. The number of furan rings is 1. The highest BCUT2D eigenvalue weighted by Crippen LogP contribution is 2.38. The second kappa shape index (κ2) is 8.72. The van der Waals surface area contributed by atoms with Crippen LogP contribution in [0.4, 0.5) is 0 Å². The van der Waals surface area contributed by atoms with Crippen LogP contribution in [-0.4, -0.2) is 18.5 Å². The molecule has 0 aliphatic rings. The Morgan fingerprint density at radius 1 is 0.477 bits per heavy atom. The standard InChI is InChI=1S/C39H24N4O/c1-3-11-27(12-4-1)41-33-17-9-7-15-29(33)30-21-19-26(24-35(30)41)25-20-22-34-32(23-25)40-39-42(28-13-5-2-6-14-28)37-31-16-8-10-18-36(31)44-38(37)43(34)39/h1-24H. The average molecular weight is 565 g/mol. The average Bonchev–Trinajstić information content (AvgIpc) is 3.81. The van der Waals surface area contributed by atoms with Crippen LogP contribution >= 0.6 is 0 Å². The Morgan fingerprint density at radius 3 is 1.93 bits per heavy atom. The number of nitrogens with zero attached hydrogens (tertiary/aromatic N) is 4. The van der Waals surface area contributed by atoms with Gasteiger partial charge in [0.25, 0.3) is 0 Å². The predicted molar refractivity (Wildman–Crippen MR) is 179 cm³/mol. The molecule has 44 heavy (non-hydrogen) atoms. The van der Waals surface area contributed by atoms with Crippen molar-refractivity contribution in [3.05, 3.63) is 146 Å². The summed E-state index contributed by atoms with van der Waals surface area (Å²) in [6.07, 6.45) is 0. The number of hydrogen-bond acceptors (Lipinski definition) is 2. The van der Waals surface area contributed by atoms with Gasteiger partial charge in [-0.1, -0.05) is 84.9 Å². The molecule has 4 aromatic heterocycles. The SMILES string of the molecule is c1ccc(-n2c3ccccc3c3ccc(-c4ccc5c(c4)nc4n(-c6ccccc6)c6c7ccccc7oc6n54)cc32)cc1. The number of para-hydroxylation sites is 4.